The third-order valence-electron chi connectivity index (χ3n) is 3.33. The number of nitrogens with zero attached hydrogens (tertiary/aromatic N) is 5. The molecule has 0 saturated carbocycles. The van der Waals surface area contributed by atoms with Gasteiger partial charge in [0.15, 0.2) is 0 Å². The Morgan fingerprint density at radius 2 is 1.96 bits per heavy atom. The second kappa shape index (κ2) is 6.96. The van der Waals surface area contributed by atoms with E-state index in [1.165, 1.54) is 6.07 Å². The standard InChI is InChI=1S/C15H11Cl2N5O3/c16-11-5-3-6-12(8-11)20-19-15(22(24)25)14(21(20)23)18-9-10-4-1-2-7-13(10)17/h1-8,23H,9H2. The van der Waals surface area contributed by atoms with Crippen LogP contribution < -0.4 is 5.49 Å². The monoisotopic (exact) mass is 379 g/mol. The van der Waals surface area contributed by atoms with Crippen LogP contribution in [0.15, 0.2) is 53.5 Å². The molecular weight excluding hydrogens is 369 g/mol. The van der Waals surface area contributed by atoms with Crippen LogP contribution in [0.2, 0.25) is 10.0 Å². The second-order valence-electron chi connectivity index (χ2n) is 4.97. The van der Waals surface area contributed by atoms with Crippen molar-refractivity contribution in [2.45, 2.75) is 6.54 Å². The van der Waals surface area contributed by atoms with Gasteiger partial charge in [-0.3, -0.25) is 4.99 Å². The normalized spacial score (nSPS) is 11.7. The summed E-state index contributed by atoms with van der Waals surface area (Å²) in [6.45, 7) is 0.0440. The van der Waals surface area contributed by atoms with E-state index in [0.717, 1.165) is 4.80 Å². The van der Waals surface area contributed by atoms with Crippen molar-refractivity contribution < 1.29 is 10.1 Å². The number of rotatable bonds is 4. The van der Waals surface area contributed by atoms with Crippen LogP contribution in [0.1, 0.15) is 5.56 Å². The van der Waals surface area contributed by atoms with E-state index in [-0.39, 0.29) is 12.0 Å². The maximum Gasteiger partial charge on any atom is 0.438 e. The zero-order valence-corrected chi connectivity index (χ0v) is 14.1. The Labute approximate surface area is 151 Å². The zero-order valence-electron chi connectivity index (χ0n) is 12.6. The third kappa shape index (κ3) is 3.49. The molecule has 0 atom stereocenters. The molecular formula is C15H11Cl2N5O3. The molecule has 0 spiro atoms. The van der Waals surface area contributed by atoms with Gasteiger partial charge >= 0.3 is 5.82 Å². The molecule has 0 fully saturated rings. The number of halogens is 2. The molecule has 10 heteroatoms. The van der Waals surface area contributed by atoms with Gasteiger partial charge in [0.1, 0.15) is 5.69 Å². The molecule has 128 valence electrons. The van der Waals surface area contributed by atoms with Gasteiger partial charge in [-0.2, -0.15) is 0 Å². The van der Waals surface area contributed by atoms with Crippen LogP contribution in [0.25, 0.3) is 5.69 Å². The van der Waals surface area contributed by atoms with Crippen molar-refractivity contribution >= 4 is 29.0 Å². The maximum absolute atomic E-state index is 11.3. The van der Waals surface area contributed by atoms with E-state index < -0.39 is 10.7 Å². The van der Waals surface area contributed by atoms with Gasteiger partial charge in [0.25, 0.3) is 5.49 Å². The molecule has 0 radical (unpaired) electrons. The summed E-state index contributed by atoms with van der Waals surface area (Å²) in [6, 6.07) is 13.3. The lowest BCUT2D eigenvalue weighted by atomic mass is 10.2. The van der Waals surface area contributed by atoms with Gasteiger partial charge in [0, 0.05) is 10.0 Å². The van der Waals surface area contributed by atoms with Crippen molar-refractivity contribution in [3.8, 4) is 5.69 Å². The van der Waals surface area contributed by atoms with E-state index in [2.05, 4.69) is 10.1 Å². The molecule has 1 aromatic heterocycles. The van der Waals surface area contributed by atoms with Crippen molar-refractivity contribution in [1.82, 2.24) is 14.7 Å². The molecule has 0 unspecified atom stereocenters. The van der Waals surface area contributed by atoms with E-state index in [1.54, 1.807) is 42.5 Å². The molecule has 3 aromatic rings. The lowest BCUT2D eigenvalue weighted by Crippen LogP contribution is -2.22. The molecule has 1 heterocycles. The summed E-state index contributed by atoms with van der Waals surface area (Å²) in [4.78, 5) is 16.1. The summed E-state index contributed by atoms with van der Waals surface area (Å²) in [6.07, 6.45) is 0. The molecule has 8 nitrogen and oxygen atoms in total. The Morgan fingerprint density at radius 3 is 2.64 bits per heavy atom. The molecule has 0 aliphatic carbocycles. The smallest absolute Gasteiger partial charge is 0.409 e. The molecule has 0 aliphatic rings. The van der Waals surface area contributed by atoms with E-state index in [1.807, 2.05) is 0 Å². The fourth-order valence-electron chi connectivity index (χ4n) is 2.16. The average Bonchev–Trinajstić information content (AvgIpc) is 2.91. The Balaban J connectivity index is 2.11. The molecule has 0 bridgehead atoms. The van der Waals surface area contributed by atoms with E-state index in [4.69, 9.17) is 23.2 Å². The predicted octanol–water partition coefficient (Wildman–Crippen LogP) is 3.23. The minimum atomic E-state index is -0.723. The van der Waals surface area contributed by atoms with E-state index >= 15 is 0 Å². The van der Waals surface area contributed by atoms with Crippen molar-refractivity contribution in [2.24, 2.45) is 4.99 Å². The second-order valence-corrected chi connectivity index (χ2v) is 5.81. The Bertz CT molecular complexity index is 1010. The molecule has 0 amide bonds. The van der Waals surface area contributed by atoms with Crippen LogP contribution in [-0.2, 0) is 6.54 Å². The first-order valence-corrected chi connectivity index (χ1v) is 7.79. The van der Waals surface area contributed by atoms with Gasteiger partial charge in [0.2, 0.25) is 0 Å². The maximum atomic E-state index is 11.3. The van der Waals surface area contributed by atoms with Crippen LogP contribution in [0.3, 0.4) is 0 Å². The van der Waals surface area contributed by atoms with E-state index in [0.29, 0.717) is 26.1 Å². The SMILES string of the molecule is O=[N+]([O-])c1nn(-c2cccc(Cl)c2)n(O)c1=NCc1ccccc1Cl. The van der Waals surface area contributed by atoms with Crippen LogP contribution in [0, 0.1) is 10.1 Å². The van der Waals surface area contributed by atoms with E-state index in [9.17, 15) is 15.3 Å². The Morgan fingerprint density at radius 1 is 1.20 bits per heavy atom. The van der Waals surface area contributed by atoms with Crippen molar-refractivity contribution in [3.05, 3.63) is 79.7 Å². The van der Waals surface area contributed by atoms with Gasteiger partial charge in [-0.05, 0) is 39.5 Å². The summed E-state index contributed by atoms with van der Waals surface area (Å²) >= 11 is 12.0. The Kier molecular flexibility index (Phi) is 4.73. The van der Waals surface area contributed by atoms with Gasteiger partial charge in [-0.1, -0.05) is 52.3 Å². The van der Waals surface area contributed by atoms with Crippen LogP contribution >= 0.6 is 23.2 Å². The number of benzene rings is 2. The largest absolute Gasteiger partial charge is 0.438 e. The number of aromatic nitrogens is 3. The first kappa shape index (κ1) is 17.0. The highest BCUT2D eigenvalue weighted by Crippen LogP contribution is 2.16. The Hall–Kier alpha value is -2.84. The molecule has 1 N–H and O–H groups in total. The summed E-state index contributed by atoms with van der Waals surface area (Å²) in [5.41, 5.74) is 0.705. The average molecular weight is 380 g/mol. The minimum absolute atomic E-state index is 0.0440. The highest BCUT2D eigenvalue weighted by Gasteiger charge is 2.24. The fraction of sp³-hybridized carbons (Fsp3) is 0.0667. The highest BCUT2D eigenvalue weighted by atomic mass is 35.5. The van der Waals surface area contributed by atoms with Crippen LogP contribution in [0.4, 0.5) is 5.82 Å². The lowest BCUT2D eigenvalue weighted by molar-refractivity contribution is -0.391. The number of nitro groups is 1. The predicted molar refractivity (Wildman–Crippen MR) is 91.1 cm³/mol. The fourth-order valence-corrected chi connectivity index (χ4v) is 2.54. The number of hydrogen-bond donors (Lipinski definition) is 1. The molecule has 0 aliphatic heterocycles. The first-order valence-electron chi connectivity index (χ1n) is 7.03. The van der Waals surface area contributed by atoms with Gasteiger partial charge in [-0.15, -0.1) is 0 Å². The van der Waals surface area contributed by atoms with Crippen molar-refractivity contribution in [1.29, 1.82) is 0 Å². The van der Waals surface area contributed by atoms with Crippen LogP contribution in [0.5, 0.6) is 0 Å². The van der Waals surface area contributed by atoms with Gasteiger partial charge in [-0.25, -0.2) is 0 Å². The zero-order chi connectivity index (χ0) is 18.0. The molecule has 3 rings (SSSR count). The summed E-state index contributed by atoms with van der Waals surface area (Å²) in [5.74, 6) is -0.588. The highest BCUT2D eigenvalue weighted by molar-refractivity contribution is 6.31. The molecule has 0 saturated heterocycles. The summed E-state index contributed by atoms with van der Waals surface area (Å²) in [7, 11) is 0. The summed E-state index contributed by atoms with van der Waals surface area (Å²) < 4.78 is 0. The molecule has 25 heavy (non-hydrogen) atoms. The third-order valence-corrected chi connectivity index (χ3v) is 3.93. The topological polar surface area (TPSA) is 98.5 Å². The van der Waals surface area contributed by atoms with Gasteiger partial charge in [0.05, 0.1) is 11.6 Å². The lowest BCUT2D eigenvalue weighted by Gasteiger charge is -2.00. The summed E-state index contributed by atoms with van der Waals surface area (Å²) in [5, 5.41) is 26.2. The molecule has 2 aromatic carbocycles. The first-order chi connectivity index (χ1) is 12.0. The van der Waals surface area contributed by atoms with Crippen molar-refractivity contribution in [2.75, 3.05) is 0 Å². The van der Waals surface area contributed by atoms with Gasteiger partial charge < -0.3 is 15.3 Å². The van der Waals surface area contributed by atoms with Crippen molar-refractivity contribution in [3.63, 3.8) is 0 Å². The van der Waals surface area contributed by atoms with Crippen LogP contribution in [-0.4, -0.2) is 24.9 Å². The number of hydrogen-bond acceptors (Lipinski definition) is 5. The minimum Gasteiger partial charge on any atom is -0.409 e. The quantitative estimate of drug-likeness (QED) is 0.427.